The quantitative estimate of drug-likeness (QED) is 0.834. The lowest BCUT2D eigenvalue weighted by atomic mass is 9.91. The SMILES string of the molecule is COc1cc(C)ccc1OCC(=O)N1C[C@H](C)OC2(CCOCC2)C1. The van der Waals surface area contributed by atoms with Gasteiger partial charge in [-0.05, 0) is 31.5 Å². The van der Waals surface area contributed by atoms with Gasteiger partial charge in [-0.2, -0.15) is 0 Å². The molecule has 2 aliphatic rings. The maximum atomic E-state index is 12.7. The zero-order valence-corrected chi connectivity index (χ0v) is 15.2. The summed E-state index contributed by atoms with van der Waals surface area (Å²) in [6.45, 7) is 6.57. The second-order valence-electron chi connectivity index (χ2n) is 6.94. The number of benzene rings is 1. The summed E-state index contributed by atoms with van der Waals surface area (Å²) in [4.78, 5) is 14.5. The summed E-state index contributed by atoms with van der Waals surface area (Å²) in [7, 11) is 1.60. The first kappa shape index (κ1) is 18.0. The Hall–Kier alpha value is -1.79. The molecule has 6 nitrogen and oxygen atoms in total. The molecule has 0 saturated carbocycles. The van der Waals surface area contributed by atoms with Crippen molar-refractivity contribution < 1.29 is 23.7 Å². The van der Waals surface area contributed by atoms with Crippen LogP contribution >= 0.6 is 0 Å². The summed E-state index contributed by atoms with van der Waals surface area (Å²) in [5.41, 5.74) is 0.812. The minimum atomic E-state index is -0.271. The molecule has 25 heavy (non-hydrogen) atoms. The minimum Gasteiger partial charge on any atom is -0.493 e. The first-order chi connectivity index (χ1) is 12.0. The molecule has 3 rings (SSSR count). The average molecular weight is 349 g/mol. The molecule has 0 N–H and O–H groups in total. The van der Waals surface area contributed by atoms with Gasteiger partial charge in [0.2, 0.25) is 0 Å². The highest BCUT2D eigenvalue weighted by Crippen LogP contribution is 2.32. The van der Waals surface area contributed by atoms with Gasteiger partial charge in [0.05, 0.1) is 25.4 Å². The Balaban J connectivity index is 1.62. The van der Waals surface area contributed by atoms with E-state index in [1.54, 1.807) is 7.11 Å². The first-order valence-corrected chi connectivity index (χ1v) is 8.82. The van der Waals surface area contributed by atoms with Gasteiger partial charge >= 0.3 is 0 Å². The van der Waals surface area contributed by atoms with Crippen LogP contribution in [0, 0.1) is 6.92 Å². The minimum absolute atomic E-state index is 0.00127. The predicted octanol–water partition coefficient (Wildman–Crippen LogP) is 2.18. The van der Waals surface area contributed by atoms with E-state index in [0.717, 1.165) is 18.4 Å². The molecule has 1 amide bonds. The number of hydrogen-bond acceptors (Lipinski definition) is 5. The van der Waals surface area contributed by atoms with Crippen LogP contribution in [0.2, 0.25) is 0 Å². The van der Waals surface area contributed by atoms with Crippen molar-refractivity contribution in [1.82, 2.24) is 4.90 Å². The fraction of sp³-hybridized carbons (Fsp3) is 0.632. The van der Waals surface area contributed by atoms with Crippen LogP contribution in [-0.2, 0) is 14.3 Å². The van der Waals surface area contributed by atoms with Crippen molar-refractivity contribution in [2.45, 2.75) is 38.4 Å². The summed E-state index contributed by atoms with van der Waals surface area (Å²) in [6.07, 6.45) is 1.67. The first-order valence-electron chi connectivity index (χ1n) is 8.82. The lowest BCUT2D eigenvalue weighted by Crippen LogP contribution is -2.59. The number of amides is 1. The number of methoxy groups -OCH3 is 1. The summed E-state index contributed by atoms with van der Waals surface area (Å²) < 4.78 is 22.7. The van der Waals surface area contributed by atoms with Crippen LogP contribution in [0.4, 0.5) is 0 Å². The second kappa shape index (κ2) is 7.62. The average Bonchev–Trinajstić information content (AvgIpc) is 2.60. The van der Waals surface area contributed by atoms with E-state index in [1.807, 2.05) is 36.9 Å². The third-order valence-electron chi connectivity index (χ3n) is 4.83. The number of morpholine rings is 1. The lowest BCUT2D eigenvalue weighted by Gasteiger charge is -2.47. The zero-order valence-electron chi connectivity index (χ0n) is 15.2. The third-order valence-corrected chi connectivity index (χ3v) is 4.83. The van der Waals surface area contributed by atoms with Crippen LogP contribution in [0.25, 0.3) is 0 Å². The van der Waals surface area contributed by atoms with Crippen LogP contribution in [0.15, 0.2) is 18.2 Å². The van der Waals surface area contributed by atoms with Gasteiger partial charge in [0.15, 0.2) is 18.1 Å². The third kappa shape index (κ3) is 4.25. The standard InChI is InChI=1S/C19H27NO5/c1-14-4-5-16(17(10-14)22-3)24-12-18(21)20-11-15(2)25-19(13-20)6-8-23-9-7-19/h4-5,10,15H,6-9,11-13H2,1-3H3/t15-/m0/s1. The topological polar surface area (TPSA) is 57.2 Å². The Kier molecular flexibility index (Phi) is 5.49. The van der Waals surface area contributed by atoms with Crippen molar-refractivity contribution in [1.29, 1.82) is 0 Å². The van der Waals surface area contributed by atoms with Crippen molar-refractivity contribution in [2.75, 3.05) is 40.0 Å². The van der Waals surface area contributed by atoms with Crippen LogP contribution in [-0.4, -0.2) is 62.5 Å². The Morgan fingerprint density at radius 1 is 1.32 bits per heavy atom. The van der Waals surface area contributed by atoms with Crippen LogP contribution < -0.4 is 9.47 Å². The van der Waals surface area contributed by atoms with Crippen molar-refractivity contribution in [3.8, 4) is 11.5 Å². The van der Waals surface area contributed by atoms with E-state index < -0.39 is 0 Å². The highest BCUT2D eigenvalue weighted by Gasteiger charge is 2.42. The molecule has 1 aromatic carbocycles. The van der Waals surface area contributed by atoms with E-state index in [1.165, 1.54) is 0 Å². The monoisotopic (exact) mass is 349 g/mol. The van der Waals surface area contributed by atoms with Gasteiger partial charge in [-0.25, -0.2) is 0 Å². The Morgan fingerprint density at radius 2 is 2.08 bits per heavy atom. The molecule has 2 aliphatic heterocycles. The molecule has 2 heterocycles. The number of rotatable bonds is 4. The largest absolute Gasteiger partial charge is 0.493 e. The Morgan fingerprint density at radius 3 is 2.80 bits per heavy atom. The molecule has 0 radical (unpaired) electrons. The maximum absolute atomic E-state index is 12.7. The number of nitrogens with zero attached hydrogens (tertiary/aromatic N) is 1. The van der Waals surface area contributed by atoms with Crippen LogP contribution in [0.3, 0.4) is 0 Å². The Labute approximate surface area is 149 Å². The van der Waals surface area contributed by atoms with Crippen molar-refractivity contribution in [3.63, 3.8) is 0 Å². The highest BCUT2D eigenvalue weighted by molar-refractivity contribution is 5.78. The summed E-state index contributed by atoms with van der Waals surface area (Å²) in [6, 6.07) is 5.67. The molecular formula is C19H27NO5. The van der Waals surface area contributed by atoms with E-state index in [-0.39, 0.29) is 24.2 Å². The molecule has 1 spiro atoms. The van der Waals surface area contributed by atoms with Crippen molar-refractivity contribution >= 4 is 5.91 Å². The van der Waals surface area contributed by atoms with Gasteiger partial charge in [-0.1, -0.05) is 6.07 Å². The molecule has 1 atom stereocenters. The normalized spacial score (nSPS) is 22.7. The van der Waals surface area contributed by atoms with E-state index in [2.05, 4.69) is 0 Å². The van der Waals surface area contributed by atoms with E-state index >= 15 is 0 Å². The summed E-state index contributed by atoms with van der Waals surface area (Å²) >= 11 is 0. The van der Waals surface area contributed by atoms with Crippen LogP contribution in [0.5, 0.6) is 11.5 Å². The number of aryl methyl sites for hydroxylation is 1. The molecule has 138 valence electrons. The Bertz CT molecular complexity index is 612. The van der Waals surface area contributed by atoms with E-state index in [9.17, 15) is 4.79 Å². The molecule has 0 unspecified atom stereocenters. The van der Waals surface area contributed by atoms with Gasteiger partial charge in [-0.15, -0.1) is 0 Å². The maximum Gasteiger partial charge on any atom is 0.260 e. The number of ether oxygens (including phenoxy) is 4. The van der Waals surface area contributed by atoms with Crippen LogP contribution in [0.1, 0.15) is 25.3 Å². The molecule has 6 heteroatoms. The zero-order chi connectivity index (χ0) is 17.9. The van der Waals surface area contributed by atoms with E-state index in [0.29, 0.717) is 37.8 Å². The summed E-state index contributed by atoms with van der Waals surface area (Å²) in [5, 5.41) is 0. The van der Waals surface area contributed by atoms with Gasteiger partial charge in [0.25, 0.3) is 5.91 Å². The molecule has 2 fully saturated rings. The molecule has 0 bridgehead atoms. The second-order valence-corrected chi connectivity index (χ2v) is 6.94. The smallest absolute Gasteiger partial charge is 0.260 e. The highest BCUT2D eigenvalue weighted by atomic mass is 16.5. The van der Waals surface area contributed by atoms with Gasteiger partial charge in [0, 0.05) is 32.6 Å². The van der Waals surface area contributed by atoms with E-state index in [4.69, 9.17) is 18.9 Å². The number of carbonyl (C=O) groups excluding carboxylic acids is 1. The number of hydrogen-bond donors (Lipinski definition) is 0. The fourth-order valence-corrected chi connectivity index (χ4v) is 3.56. The van der Waals surface area contributed by atoms with Gasteiger partial charge < -0.3 is 23.8 Å². The molecule has 1 aromatic rings. The fourth-order valence-electron chi connectivity index (χ4n) is 3.56. The predicted molar refractivity (Wildman–Crippen MR) is 93.1 cm³/mol. The van der Waals surface area contributed by atoms with Gasteiger partial charge in [-0.3, -0.25) is 4.79 Å². The van der Waals surface area contributed by atoms with Gasteiger partial charge in [0.1, 0.15) is 0 Å². The molecule has 0 aliphatic carbocycles. The number of carbonyl (C=O) groups is 1. The van der Waals surface area contributed by atoms with Crippen molar-refractivity contribution in [2.24, 2.45) is 0 Å². The summed E-state index contributed by atoms with van der Waals surface area (Å²) in [5.74, 6) is 1.20. The lowest BCUT2D eigenvalue weighted by molar-refractivity contribution is -0.190. The van der Waals surface area contributed by atoms with Crippen molar-refractivity contribution in [3.05, 3.63) is 23.8 Å². The molecular weight excluding hydrogens is 322 g/mol. The molecule has 0 aromatic heterocycles. The molecule has 2 saturated heterocycles.